The number of hydrogen-bond acceptors (Lipinski definition) is 2. The van der Waals surface area contributed by atoms with Gasteiger partial charge in [0.2, 0.25) is 11.8 Å². The first-order valence-electron chi connectivity index (χ1n) is 10.5. The molecule has 2 heterocycles. The average molecular weight is 371 g/mol. The lowest BCUT2D eigenvalue weighted by Gasteiger charge is -2.36. The zero-order valence-electron chi connectivity index (χ0n) is 17.3. The van der Waals surface area contributed by atoms with Crippen molar-refractivity contribution in [1.82, 2.24) is 9.80 Å². The van der Waals surface area contributed by atoms with Crippen molar-refractivity contribution in [3.8, 4) is 0 Å². The molecule has 2 saturated heterocycles. The summed E-state index contributed by atoms with van der Waals surface area (Å²) in [5.41, 5.74) is 2.26. The van der Waals surface area contributed by atoms with Crippen molar-refractivity contribution >= 4 is 11.8 Å². The van der Waals surface area contributed by atoms with E-state index >= 15 is 0 Å². The van der Waals surface area contributed by atoms with Crippen LogP contribution in [0.4, 0.5) is 0 Å². The molecule has 1 aromatic carbocycles. The van der Waals surface area contributed by atoms with Crippen molar-refractivity contribution in [2.24, 2.45) is 11.8 Å². The highest BCUT2D eigenvalue weighted by atomic mass is 16.2. The second kappa shape index (κ2) is 8.45. The fourth-order valence-corrected chi connectivity index (χ4v) is 4.49. The first-order chi connectivity index (χ1) is 12.9. The van der Waals surface area contributed by atoms with E-state index in [0.29, 0.717) is 12.5 Å². The summed E-state index contributed by atoms with van der Waals surface area (Å²) in [6, 6.07) is 8.00. The molecule has 0 saturated carbocycles. The number of carbonyl (C=O) groups excluding carboxylic acids is 2. The third-order valence-electron chi connectivity index (χ3n) is 6.29. The molecule has 1 aromatic rings. The topological polar surface area (TPSA) is 40.6 Å². The van der Waals surface area contributed by atoms with Crippen molar-refractivity contribution in [1.29, 1.82) is 0 Å². The Labute approximate surface area is 163 Å². The maximum absolute atomic E-state index is 13.5. The number of carbonyl (C=O) groups is 2. The molecular weight excluding hydrogens is 336 g/mol. The summed E-state index contributed by atoms with van der Waals surface area (Å²) in [4.78, 5) is 30.5. The van der Waals surface area contributed by atoms with Crippen LogP contribution in [0.2, 0.25) is 0 Å². The number of aryl methyl sites for hydroxylation is 1. The van der Waals surface area contributed by atoms with Gasteiger partial charge in [-0.1, -0.05) is 50.6 Å². The lowest BCUT2D eigenvalue weighted by molar-refractivity contribution is -0.146. The van der Waals surface area contributed by atoms with Crippen molar-refractivity contribution < 1.29 is 9.59 Å². The van der Waals surface area contributed by atoms with Gasteiger partial charge in [0.15, 0.2) is 0 Å². The maximum atomic E-state index is 13.5. The van der Waals surface area contributed by atoms with Crippen molar-refractivity contribution in [3.05, 3.63) is 35.4 Å². The first-order valence-corrected chi connectivity index (χ1v) is 10.5. The zero-order chi connectivity index (χ0) is 19.6. The smallest absolute Gasteiger partial charge is 0.245 e. The molecule has 4 nitrogen and oxygen atoms in total. The Hall–Kier alpha value is -1.84. The van der Waals surface area contributed by atoms with E-state index in [2.05, 4.69) is 52.0 Å². The minimum absolute atomic E-state index is 0.120. The number of hydrogen-bond donors (Lipinski definition) is 0. The summed E-state index contributed by atoms with van der Waals surface area (Å²) in [5.74, 6) is 1.00. The van der Waals surface area contributed by atoms with Crippen molar-refractivity contribution in [3.63, 3.8) is 0 Å². The summed E-state index contributed by atoms with van der Waals surface area (Å²) in [6.45, 7) is 10.9. The van der Waals surface area contributed by atoms with Gasteiger partial charge in [-0.15, -0.1) is 0 Å². The van der Waals surface area contributed by atoms with E-state index < -0.39 is 0 Å². The van der Waals surface area contributed by atoms with E-state index in [-0.39, 0.29) is 29.7 Å². The molecule has 2 aliphatic rings. The minimum atomic E-state index is -0.266. The predicted octanol–water partition coefficient (Wildman–Crippen LogP) is 3.98. The Bertz CT molecular complexity index is 659. The normalized spacial score (nSPS) is 22.3. The molecule has 1 unspecified atom stereocenters. The molecule has 0 aromatic heterocycles. The van der Waals surface area contributed by atoms with Crippen LogP contribution in [0.3, 0.4) is 0 Å². The molecule has 4 heteroatoms. The number of nitrogens with zero attached hydrogens (tertiary/aromatic N) is 2. The highest BCUT2D eigenvalue weighted by Gasteiger charge is 2.40. The quantitative estimate of drug-likeness (QED) is 0.804. The Kier molecular flexibility index (Phi) is 6.23. The molecule has 0 N–H and O–H groups in total. The molecule has 2 atom stereocenters. The van der Waals surface area contributed by atoms with Crippen LogP contribution < -0.4 is 0 Å². The molecule has 0 aliphatic carbocycles. The predicted molar refractivity (Wildman–Crippen MR) is 108 cm³/mol. The van der Waals surface area contributed by atoms with Crippen LogP contribution in [-0.4, -0.2) is 47.3 Å². The third-order valence-corrected chi connectivity index (χ3v) is 6.29. The van der Waals surface area contributed by atoms with Gasteiger partial charge in [0.05, 0.1) is 5.92 Å². The fraction of sp³-hybridized carbons (Fsp3) is 0.652. The van der Waals surface area contributed by atoms with Gasteiger partial charge < -0.3 is 9.80 Å². The van der Waals surface area contributed by atoms with Gasteiger partial charge in [-0.2, -0.15) is 0 Å². The lowest BCUT2D eigenvalue weighted by Crippen LogP contribution is -2.51. The summed E-state index contributed by atoms with van der Waals surface area (Å²) in [6.07, 6.45) is 3.87. The SMILES string of the molecule is Cc1ccc(C(C(=O)N2CCC[C@H]2C(=O)N2CCC(C)CC2)C(C)C)cc1. The number of benzene rings is 1. The molecule has 2 amide bonds. The standard InChI is InChI=1S/C23H34N2O2/c1-16(2)21(19-9-7-17(3)8-10-19)23(27)25-13-5-6-20(25)22(26)24-14-11-18(4)12-15-24/h7-10,16,18,20-21H,5-6,11-15H2,1-4H3/t20-,21?/m0/s1. The first kappa shape index (κ1) is 19.9. The van der Waals surface area contributed by atoms with Crippen LogP contribution in [0.25, 0.3) is 0 Å². The van der Waals surface area contributed by atoms with Crippen LogP contribution in [0, 0.1) is 18.8 Å². The van der Waals surface area contributed by atoms with Crippen molar-refractivity contribution in [2.45, 2.75) is 65.3 Å². The van der Waals surface area contributed by atoms with E-state index in [4.69, 9.17) is 0 Å². The highest BCUT2D eigenvalue weighted by molar-refractivity contribution is 5.91. The molecule has 0 bridgehead atoms. The van der Waals surface area contributed by atoms with Crippen LogP contribution in [-0.2, 0) is 9.59 Å². The van der Waals surface area contributed by atoms with Crippen LogP contribution in [0.5, 0.6) is 0 Å². The number of piperidine rings is 1. The van der Waals surface area contributed by atoms with Gasteiger partial charge >= 0.3 is 0 Å². The van der Waals surface area contributed by atoms with Crippen molar-refractivity contribution in [2.75, 3.05) is 19.6 Å². The second-order valence-corrected chi connectivity index (χ2v) is 8.83. The van der Waals surface area contributed by atoms with Gasteiger partial charge in [0.1, 0.15) is 6.04 Å². The molecule has 2 aliphatic heterocycles. The zero-order valence-corrected chi connectivity index (χ0v) is 17.3. The van der Waals surface area contributed by atoms with E-state index in [1.807, 2.05) is 9.80 Å². The van der Waals surface area contributed by atoms with E-state index in [0.717, 1.165) is 44.3 Å². The van der Waals surface area contributed by atoms with Gasteiger partial charge in [-0.3, -0.25) is 9.59 Å². The molecule has 2 fully saturated rings. The van der Waals surface area contributed by atoms with E-state index in [1.165, 1.54) is 5.56 Å². The van der Waals surface area contributed by atoms with E-state index in [9.17, 15) is 9.59 Å². The molecule has 27 heavy (non-hydrogen) atoms. The number of likely N-dealkylation sites (tertiary alicyclic amines) is 2. The monoisotopic (exact) mass is 370 g/mol. The summed E-state index contributed by atoms with van der Waals surface area (Å²) in [7, 11) is 0. The lowest BCUT2D eigenvalue weighted by atomic mass is 9.86. The van der Waals surface area contributed by atoms with Gasteiger partial charge in [0, 0.05) is 19.6 Å². The minimum Gasteiger partial charge on any atom is -0.341 e. The highest BCUT2D eigenvalue weighted by Crippen LogP contribution is 2.31. The Morgan fingerprint density at radius 2 is 1.63 bits per heavy atom. The molecule has 148 valence electrons. The molecule has 0 radical (unpaired) electrons. The third kappa shape index (κ3) is 4.36. The summed E-state index contributed by atoms with van der Waals surface area (Å²) in [5, 5.41) is 0. The van der Waals surface area contributed by atoms with E-state index in [1.54, 1.807) is 0 Å². The maximum Gasteiger partial charge on any atom is 0.245 e. The summed E-state index contributed by atoms with van der Waals surface area (Å²) < 4.78 is 0. The molecule has 3 rings (SSSR count). The Balaban J connectivity index is 1.77. The summed E-state index contributed by atoms with van der Waals surface area (Å²) >= 11 is 0. The van der Waals surface area contributed by atoms with Gasteiger partial charge in [-0.25, -0.2) is 0 Å². The van der Waals surface area contributed by atoms with Crippen LogP contribution >= 0.6 is 0 Å². The average Bonchev–Trinajstić information content (AvgIpc) is 3.13. The molecular formula is C23H34N2O2. The van der Waals surface area contributed by atoms with Crippen LogP contribution in [0.15, 0.2) is 24.3 Å². The van der Waals surface area contributed by atoms with Gasteiger partial charge in [-0.05, 0) is 50.0 Å². The fourth-order valence-electron chi connectivity index (χ4n) is 4.49. The largest absolute Gasteiger partial charge is 0.341 e. The number of rotatable bonds is 4. The van der Waals surface area contributed by atoms with Crippen LogP contribution in [0.1, 0.15) is 63.5 Å². The molecule has 0 spiro atoms. The van der Waals surface area contributed by atoms with Gasteiger partial charge in [0.25, 0.3) is 0 Å². The number of amides is 2. The Morgan fingerprint density at radius 3 is 2.22 bits per heavy atom. The second-order valence-electron chi connectivity index (χ2n) is 8.83. The Morgan fingerprint density at radius 1 is 1.00 bits per heavy atom.